The fraction of sp³-hybridized carbons (Fsp3) is 0.421. The maximum Gasteiger partial charge on any atom is 0.228 e. The minimum atomic E-state index is -0.226. The summed E-state index contributed by atoms with van der Waals surface area (Å²) in [4.78, 5) is 28.5. The first kappa shape index (κ1) is 15.9. The second-order valence-electron chi connectivity index (χ2n) is 6.96. The van der Waals surface area contributed by atoms with Gasteiger partial charge in [-0.05, 0) is 12.5 Å². The van der Waals surface area contributed by atoms with E-state index in [0.29, 0.717) is 32.6 Å². The molecule has 2 amide bonds. The van der Waals surface area contributed by atoms with Crippen molar-refractivity contribution >= 4 is 11.8 Å². The van der Waals surface area contributed by atoms with Crippen LogP contribution in [0.1, 0.15) is 29.4 Å². The summed E-state index contributed by atoms with van der Waals surface area (Å²) in [5, 5.41) is 4.02. The number of amides is 2. The van der Waals surface area contributed by atoms with E-state index in [-0.39, 0.29) is 23.7 Å². The number of benzene rings is 1. The molecule has 1 unspecified atom stereocenters. The number of hydrogen-bond donors (Lipinski definition) is 0. The Labute approximate surface area is 146 Å². The van der Waals surface area contributed by atoms with Gasteiger partial charge in [-0.25, -0.2) is 0 Å². The van der Waals surface area contributed by atoms with Crippen molar-refractivity contribution in [2.24, 2.45) is 5.92 Å². The average Bonchev–Trinajstić information content (AvgIpc) is 3.14. The Morgan fingerprint density at radius 3 is 2.68 bits per heavy atom. The van der Waals surface area contributed by atoms with Crippen molar-refractivity contribution < 1.29 is 14.1 Å². The number of rotatable bonds is 4. The number of aromatic nitrogens is 1. The Bertz CT molecular complexity index is 780. The molecular formula is C19H21N3O3. The Morgan fingerprint density at radius 2 is 2.00 bits per heavy atom. The smallest absolute Gasteiger partial charge is 0.228 e. The Hall–Kier alpha value is -2.63. The first-order valence-electron chi connectivity index (χ1n) is 8.64. The fourth-order valence-electron chi connectivity index (χ4n) is 3.58. The van der Waals surface area contributed by atoms with Gasteiger partial charge in [0.1, 0.15) is 5.76 Å². The van der Waals surface area contributed by atoms with Crippen LogP contribution in [0.25, 0.3) is 0 Å². The molecule has 0 saturated carbocycles. The molecule has 0 radical (unpaired) electrons. The highest BCUT2D eigenvalue weighted by molar-refractivity contribution is 5.89. The van der Waals surface area contributed by atoms with Crippen LogP contribution in [-0.2, 0) is 16.1 Å². The van der Waals surface area contributed by atoms with Gasteiger partial charge in [0.25, 0.3) is 0 Å². The maximum absolute atomic E-state index is 12.7. The number of carbonyl (C=O) groups is 2. The van der Waals surface area contributed by atoms with E-state index < -0.39 is 0 Å². The molecule has 2 aromatic rings. The van der Waals surface area contributed by atoms with Crippen LogP contribution < -0.4 is 0 Å². The van der Waals surface area contributed by atoms with Crippen LogP contribution in [0, 0.1) is 12.8 Å². The average molecular weight is 339 g/mol. The van der Waals surface area contributed by atoms with E-state index in [1.807, 2.05) is 48.2 Å². The van der Waals surface area contributed by atoms with E-state index in [4.69, 9.17) is 4.52 Å². The lowest BCUT2D eigenvalue weighted by Crippen LogP contribution is -2.51. The van der Waals surface area contributed by atoms with Crippen LogP contribution in [0.15, 0.2) is 40.9 Å². The van der Waals surface area contributed by atoms with Crippen molar-refractivity contribution in [3.8, 4) is 0 Å². The molecule has 6 heteroatoms. The highest BCUT2D eigenvalue weighted by atomic mass is 16.5. The predicted octanol–water partition coefficient (Wildman–Crippen LogP) is 1.96. The zero-order valence-electron chi connectivity index (χ0n) is 14.2. The zero-order chi connectivity index (χ0) is 17.4. The molecule has 0 N–H and O–H groups in total. The molecule has 2 aliphatic heterocycles. The van der Waals surface area contributed by atoms with Gasteiger partial charge in [0, 0.05) is 44.6 Å². The quantitative estimate of drug-likeness (QED) is 0.854. The van der Waals surface area contributed by atoms with E-state index >= 15 is 0 Å². The number of nitrogens with zero attached hydrogens (tertiary/aromatic N) is 3. The summed E-state index contributed by atoms with van der Waals surface area (Å²) in [6.45, 7) is 4.27. The van der Waals surface area contributed by atoms with E-state index in [9.17, 15) is 9.59 Å². The monoisotopic (exact) mass is 339 g/mol. The van der Waals surface area contributed by atoms with Crippen LogP contribution in [0.3, 0.4) is 0 Å². The molecule has 2 saturated heterocycles. The van der Waals surface area contributed by atoms with Gasteiger partial charge in [-0.1, -0.05) is 35.5 Å². The summed E-state index contributed by atoms with van der Waals surface area (Å²) in [6.07, 6.45) is 0.315. The first-order chi connectivity index (χ1) is 12.1. The molecular weight excluding hydrogens is 318 g/mol. The van der Waals surface area contributed by atoms with Gasteiger partial charge in [-0.2, -0.15) is 0 Å². The van der Waals surface area contributed by atoms with Crippen molar-refractivity contribution in [3.05, 3.63) is 53.4 Å². The lowest BCUT2D eigenvalue weighted by molar-refractivity contribution is -0.140. The zero-order valence-corrected chi connectivity index (χ0v) is 14.2. The van der Waals surface area contributed by atoms with Gasteiger partial charge in [-0.15, -0.1) is 0 Å². The van der Waals surface area contributed by atoms with Crippen molar-refractivity contribution in [3.63, 3.8) is 0 Å². The lowest BCUT2D eigenvalue weighted by Gasteiger charge is -2.39. The predicted molar refractivity (Wildman–Crippen MR) is 90.5 cm³/mol. The molecule has 4 rings (SSSR count). The van der Waals surface area contributed by atoms with Gasteiger partial charge >= 0.3 is 0 Å². The van der Waals surface area contributed by atoms with Gasteiger partial charge < -0.3 is 14.3 Å². The van der Waals surface area contributed by atoms with Crippen molar-refractivity contribution in [2.75, 3.05) is 19.6 Å². The minimum Gasteiger partial charge on any atom is -0.361 e. The highest BCUT2D eigenvalue weighted by Crippen LogP contribution is 2.30. The molecule has 0 spiro atoms. The van der Waals surface area contributed by atoms with Crippen LogP contribution >= 0.6 is 0 Å². The Balaban J connectivity index is 1.32. The van der Waals surface area contributed by atoms with Gasteiger partial charge in [0.15, 0.2) is 0 Å². The Morgan fingerprint density at radius 1 is 1.24 bits per heavy atom. The van der Waals surface area contributed by atoms with Crippen LogP contribution in [0.5, 0.6) is 0 Å². The molecule has 6 nitrogen and oxygen atoms in total. The summed E-state index contributed by atoms with van der Waals surface area (Å²) >= 11 is 0. The molecule has 130 valence electrons. The van der Waals surface area contributed by atoms with Crippen LogP contribution in [0.2, 0.25) is 0 Å². The van der Waals surface area contributed by atoms with Crippen molar-refractivity contribution in [2.45, 2.75) is 25.8 Å². The van der Waals surface area contributed by atoms with E-state index in [2.05, 4.69) is 5.16 Å². The normalized spacial score (nSPS) is 20.8. The molecule has 1 aromatic heterocycles. The number of hydrogen-bond acceptors (Lipinski definition) is 4. The largest absolute Gasteiger partial charge is 0.361 e. The van der Waals surface area contributed by atoms with E-state index in [0.717, 1.165) is 17.0 Å². The van der Waals surface area contributed by atoms with Crippen LogP contribution in [-0.4, -0.2) is 46.4 Å². The minimum absolute atomic E-state index is 0.0615. The second-order valence-corrected chi connectivity index (χ2v) is 6.96. The summed E-state index contributed by atoms with van der Waals surface area (Å²) < 4.78 is 5.10. The SMILES string of the molecule is Cc1cc(C2CN(C(=O)C3CC(=O)N(Cc4ccccc4)C3)C2)no1. The number of likely N-dealkylation sites (tertiary alicyclic amines) is 2. The van der Waals surface area contributed by atoms with Crippen molar-refractivity contribution in [1.29, 1.82) is 0 Å². The molecule has 1 aromatic carbocycles. The van der Waals surface area contributed by atoms with E-state index in [1.54, 1.807) is 4.90 Å². The summed E-state index contributed by atoms with van der Waals surface area (Å²) in [5.74, 6) is 0.958. The van der Waals surface area contributed by atoms with Gasteiger partial charge in [0.2, 0.25) is 11.8 Å². The maximum atomic E-state index is 12.7. The lowest BCUT2D eigenvalue weighted by atomic mass is 9.94. The van der Waals surface area contributed by atoms with Crippen LogP contribution in [0.4, 0.5) is 0 Å². The second kappa shape index (κ2) is 6.35. The number of aryl methyl sites for hydroxylation is 1. The molecule has 0 bridgehead atoms. The molecule has 25 heavy (non-hydrogen) atoms. The van der Waals surface area contributed by atoms with Gasteiger partial charge in [0.05, 0.1) is 11.6 Å². The third-order valence-corrected chi connectivity index (χ3v) is 5.04. The third kappa shape index (κ3) is 3.16. The standard InChI is InChI=1S/C19H21N3O3/c1-13-7-17(20-25-13)16-11-22(12-16)19(24)15-8-18(23)21(10-15)9-14-5-3-2-4-6-14/h2-7,15-16H,8-12H2,1H3. The summed E-state index contributed by atoms with van der Waals surface area (Å²) in [7, 11) is 0. The summed E-state index contributed by atoms with van der Waals surface area (Å²) in [6, 6.07) is 11.8. The molecule has 1 atom stereocenters. The fourth-order valence-corrected chi connectivity index (χ4v) is 3.58. The van der Waals surface area contributed by atoms with E-state index in [1.165, 1.54) is 0 Å². The first-order valence-corrected chi connectivity index (χ1v) is 8.64. The molecule has 2 fully saturated rings. The molecule has 2 aliphatic rings. The number of carbonyl (C=O) groups excluding carboxylic acids is 2. The Kier molecular flexibility index (Phi) is 4.03. The molecule has 3 heterocycles. The molecule has 0 aliphatic carbocycles. The topological polar surface area (TPSA) is 66.7 Å². The van der Waals surface area contributed by atoms with Crippen molar-refractivity contribution in [1.82, 2.24) is 15.0 Å². The highest BCUT2D eigenvalue weighted by Gasteiger charge is 2.41. The summed E-state index contributed by atoms with van der Waals surface area (Å²) in [5.41, 5.74) is 2.00. The third-order valence-electron chi connectivity index (χ3n) is 5.04. The van der Waals surface area contributed by atoms with Gasteiger partial charge in [-0.3, -0.25) is 9.59 Å².